The molecule has 2 aliphatic heterocycles. The number of piperidine rings is 1. The fourth-order valence-corrected chi connectivity index (χ4v) is 5.00. The second-order valence-electron chi connectivity index (χ2n) is 8.68. The number of benzene rings is 2. The minimum Gasteiger partial charge on any atom is -0.317 e. The molecule has 1 saturated heterocycles. The highest BCUT2D eigenvalue weighted by Crippen LogP contribution is 2.45. The van der Waals surface area contributed by atoms with Crippen LogP contribution in [0.25, 0.3) is 11.1 Å². The van der Waals surface area contributed by atoms with Crippen LogP contribution in [0, 0.1) is 0 Å². The number of hydrogen-bond donors (Lipinski definition) is 2. The zero-order valence-corrected chi connectivity index (χ0v) is 17.3. The topological polar surface area (TPSA) is 54.0 Å². The van der Waals surface area contributed by atoms with Crippen LogP contribution < -0.4 is 10.6 Å². The van der Waals surface area contributed by atoms with Crippen LogP contribution in [0.2, 0.25) is 0 Å². The fourth-order valence-electron chi connectivity index (χ4n) is 5.00. The molecule has 0 radical (unpaired) electrons. The fraction of sp³-hybridized carbons (Fsp3) is 0.308. The van der Waals surface area contributed by atoms with Gasteiger partial charge in [-0.15, -0.1) is 0 Å². The van der Waals surface area contributed by atoms with Crippen molar-refractivity contribution in [3.05, 3.63) is 83.6 Å². The minimum absolute atomic E-state index is 0.0239. The van der Waals surface area contributed by atoms with Crippen molar-refractivity contribution in [2.75, 3.05) is 18.4 Å². The molecule has 4 nitrogen and oxygen atoms in total. The van der Waals surface area contributed by atoms with Crippen LogP contribution in [0.1, 0.15) is 42.4 Å². The van der Waals surface area contributed by atoms with E-state index in [0.29, 0.717) is 18.2 Å². The van der Waals surface area contributed by atoms with Crippen LogP contribution in [0.3, 0.4) is 0 Å². The molecule has 0 saturated carbocycles. The van der Waals surface area contributed by atoms with E-state index in [4.69, 9.17) is 0 Å². The molecule has 2 N–H and O–H groups in total. The third-order valence-electron chi connectivity index (χ3n) is 6.64. The van der Waals surface area contributed by atoms with Crippen molar-refractivity contribution < 1.29 is 4.79 Å². The molecule has 0 spiro atoms. The van der Waals surface area contributed by atoms with Gasteiger partial charge in [0.1, 0.15) is 5.82 Å². The number of carbonyl (C=O) groups is 1. The summed E-state index contributed by atoms with van der Waals surface area (Å²) < 4.78 is 0. The van der Waals surface area contributed by atoms with E-state index in [1.54, 1.807) is 6.20 Å². The number of amides is 1. The van der Waals surface area contributed by atoms with E-state index < -0.39 is 5.41 Å². The minimum atomic E-state index is -0.648. The average molecular weight is 398 g/mol. The summed E-state index contributed by atoms with van der Waals surface area (Å²) in [6, 6.07) is 21.2. The summed E-state index contributed by atoms with van der Waals surface area (Å²) in [5.41, 5.74) is 5.18. The molecule has 0 aliphatic carbocycles. The molecule has 2 aliphatic rings. The lowest BCUT2D eigenvalue weighted by atomic mass is 9.75. The average Bonchev–Trinajstić information content (AvgIpc) is 3.05. The summed E-state index contributed by atoms with van der Waals surface area (Å²) in [5.74, 6) is 1.32. The summed E-state index contributed by atoms with van der Waals surface area (Å²) in [6.07, 6.45) is 4.80. The lowest BCUT2D eigenvalue weighted by Gasteiger charge is -2.26. The standard InChI is InChI=1S/C26H27N3O/c1-26(17-18-6-3-2-4-7-18)23-22(12-15-28-24(23)29-25(26)30)21-9-5-8-20(16-21)19-10-13-27-14-11-19/h2-9,12,15-16,19,27H,10-11,13-14,17H2,1H3,(H,28,29,30). The van der Waals surface area contributed by atoms with Gasteiger partial charge in [-0.2, -0.15) is 0 Å². The Hall–Kier alpha value is -2.98. The zero-order valence-electron chi connectivity index (χ0n) is 17.3. The van der Waals surface area contributed by atoms with E-state index in [1.165, 1.54) is 24.0 Å². The Morgan fingerprint density at radius 2 is 1.83 bits per heavy atom. The van der Waals surface area contributed by atoms with Crippen molar-refractivity contribution in [1.82, 2.24) is 10.3 Å². The summed E-state index contributed by atoms with van der Waals surface area (Å²) in [4.78, 5) is 17.6. The van der Waals surface area contributed by atoms with Crippen LogP contribution in [-0.4, -0.2) is 24.0 Å². The number of fused-ring (bicyclic) bond motifs is 1. The van der Waals surface area contributed by atoms with Gasteiger partial charge in [-0.25, -0.2) is 4.98 Å². The highest BCUT2D eigenvalue weighted by Gasteiger charge is 2.45. The predicted octanol–water partition coefficient (Wildman–Crippen LogP) is 4.67. The molecule has 4 heteroatoms. The third kappa shape index (κ3) is 3.31. The Morgan fingerprint density at radius 1 is 1.03 bits per heavy atom. The molecule has 5 rings (SSSR count). The maximum atomic E-state index is 13.1. The molecule has 152 valence electrons. The van der Waals surface area contributed by atoms with Gasteiger partial charge in [-0.1, -0.05) is 54.6 Å². The molecule has 1 fully saturated rings. The van der Waals surface area contributed by atoms with Crippen molar-refractivity contribution in [2.24, 2.45) is 0 Å². The van der Waals surface area contributed by atoms with Crippen LogP contribution in [-0.2, 0) is 16.6 Å². The summed E-state index contributed by atoms with van der Waals surface area (Å²) in [5, 5.41) is 6.49. The maximum absolute atomic E-state index is 13.1. The van der Waals surface area contributed by atoms with E-state index in [9.17, 15) is 4.79 Å². The van der Waals surface area contributed by atoms with Gasteiger partial charge in [0.2, 0.25) is 5.91 Å². The second kappa shape index (κ2) is 7.69. The van der Waals surface area contributed by atoms with Crippen LogP contribution >= 0.6 is 0 Å². The Bertz CT molecular complexity index is 1070. The molecule has 1 amide bonds. The number of hydrogen-bond acceptors (Lipinski definition) is 3. The van der Waals surface area contributed by atoms with Gasteiger partial charge < -0.3 is 10.6 Å². The normalized spacial score (nSPS) is 21.3. The first-order valence-corrected chi connectivity index (χ1v) is 10.8. The molecule has 1 unspecified atom stereocenters. The summed E-state index contributed by atoms with van der Waals surface area (Å²) in [6.45, 7) is 4.20. The lowest BCUT2D eigenvalue weighted by molar-refractivity contribution is -0.120. The molecule has 2 aromatic carbocycles. The van der Waals surface area contributed by atoms with Gasteiger partial charge in [0.05, 0.1) is 5.41 Å². The van der Waals surface area contributed by atoms with Crippen molar-refractivity contribution in [3.63, 3.8) is 0 Å². The number of rotatable bonds is 4. The summed E-state index contributed by atoms with van der Waals surface area (Å²) >= 11 is 0. The molecule has 1 atom stereocenters. The van der Waals surface area contributed by atoms with E-state index >= 15 is 0 Å². The number of aromatic nitrogens is 1. The van der Waals surface area contributed by atoms with Gasteiger partial charge in [-0.3, -0.25) is 4.79 Å². The van der Waals surface area contributed by atoms with Gasteiger partial charge in [0.15, 0.2) is 0 Å². The smallest absolute Gasteiger partial charge is 0.236 e. The monoisotopic (exact) mass is 397 g/mol. The van der Waals surface area contributed by atoms with Crippen molar-refractivity contribution in [1.29, 1.82) is 0 Å². The maximum Gasteiger partial charge on any atom is 0.236 e. The zero-order chi connectivity index (χ0) is 20.6. The van der Waals surface area contributed by atoms with E-state index in [1.807, 2.05) is 25.1 Å². The molecule has 1 aromatic heterocycles. The van der Waals surface area contributed by atoms with Gasteiger partial charge in [0.25, 0.3) is 0 Å². The van der Waals surface area contributed by atoms with E-state index in [-0.39, 0.29) is 5.91 Å². The first-order chi connectivity index (χ1) is 14.6. The van der Waals surface area contributed by atoms with Gasteiger partial charge in [0, 0.05) is 11.8 Å². The molecule has 0 bridgehead atoms. The largest absolute Gasteiger partial charge is 0.317 e. The first-order valence-electron chi connectivity index (χ1n) is 10.8. The van der Waals surface area contributed by atoms with E-state index in [0.717, 1.165) is 29.8 Å². The molecular weight excluding hydrogens is 370 g/mol. The quantitative estimate of drug-likeness (QED) is 0.673. The Balaban J connectivity index is 1.58. The number of carbonyl (C=O) groups excluding carboxylic acids is 1. The number of nitrogens with one attached hydrogen (secondary N) is 2. The SMILES string of the molecule is CC1(Cc2ccccc2)C(=O)Nc2nccc(-c3cccc(C4CCNCC4)c3)c21. The lowest BCUT2D eigenvalue weighted by Crippen LogP contribution is -2.33. The Labute approximate surface area is 177 Å². The second-order valence-corrected chi connectivity index (χ2v) is 8.68. The Morgan fingerprint density at radius 3 is 2.63 bits per heavy atom. The number of pyridine rings is 1. The van der Waals surface area contributed by atoms with Gasteiger partial charge >= 0.3 is 0 Å². The number of nitrogens with zero attached hydrogens (tertiary/aromatic N) is 1. The van der Waals surface area contributed by atoms with Crippen LogP contribution in [0.15, 0.2) is 66.9 Å². The third-order valence-corrected chi connectivity index (χ3v) is 6.64. The van der Waals surface area contributed by atoms with E-state index in [2.05, 4.69) is 58.1 Å². The van der Waals surface area contributed by atoms with Crippen molar-refractivity contribution in [3.8, 4) is 11.1 Å². The van der Waals surface area contributed by atoms with Crippen LogP contribution in [0.4, 0.5) is 5.82 Å². The highest BCUT2D eigenvalue weighted by molar-refractivity contribution is 6.07. The van der Waals surface area contributed by atoms with Crippen molar-refractivity contribution >= 4 is 11.7 Å². The first kappa shape index (κ1) is 19.0. The molecule has 3 aromatic rings. The molecule has 30 heavy (non-hydrogen) atoms. The highest BCUT2D eigenvalue weighted by atomic mass is 16.2. The molecule has 3 heterocycles. The predicted molar refractivity (Wildman–Crippen MR) is 121 cm³/mol. The molecular formula is C26H27N3O. The van der Waals surface area contributed by atoms with Gasteiger partial charge in [-0.05, 0) is 73.5 Å². The Kier molecular flexibility index (Phi) is 4.87. The number of anilines is 1. The van der Waals surface area contributed by atoms with Crippen molar-refractivity contribution in [2.45, 2.75) is 37.5 Å². The summed E-state index contributed by atoms with van der Waals surface area (Å²) in [7, 11) is 0. The van der Waals surface area contributed by atoms with Crippen LogP contribution in [0.5, 0.6) is 0 Å².